The predicted molar refractivity (Wildman–Crippen MR) is 120 cm³/mol. The van der Waals surface area contributed by atoms with E-state index in [1.165, 1.54) is 26.6 Å². The molecule has 2 heterocycles. The van der Waals surface area contributed by atoms with E-state index in [4.69, 9.17) is 42.1 Å². The van der Waals surface area contributed by atoms with E-state index in [9.17, 15) is 4.79 Å². The Morgan fingerprint density at radius 2 is 1.78 bits per heavy atom. The van der Waals surface area contributed by atoms with Crippen molar-refractivity contribution >= 4 is 35.1 Å². The third-order valence-electron chi connectivity index (χ3n) is 4.63. The fourth-order valence-electron chi connectivity index (χ4n) is 3.01. The minimum Gasteiger partial charge on any atom is -0.495 e. The molecule has 170 valence electrons. The number of ether oxygens (including phenoxy) is 4. The number of amides is 1. The normalized spacial score (nSPS) is 17.2. The van der Waals surface area contributed by atoms with Gasteiger partial charge in [0.05, 0.1) is 62.0 Å². The number of nitrogens with zero attached hydrogens (tertiary/aromatic N) is 2. The van der Waals surface area contributed by atoms with Crippen LogP contribution in [0.5, 0.6) is 17.2 Å². The number of rotatable bonds is 8. The molecule has 0 bridgehead atoms. The molecule has 1 aliphatic heterocycles. The topological polar surface area (TPSA) is 104 Å². The Bertz CT molecular complexity index is 995. The molecular formula is C21H22Cl2N4O5. The zero-order chi connectivity index (χ0) is 23.1. The van der Waals surface area contributed by atoms with E-state index in [2.05, 4.69) is 32.4 Å². The Kier molecular flexibility index (Phi) is 8.22. The van der Waals surface area contributed by atoms with Gasteiger partial charge < -0.3 is 29.6 Å². The average molecular weight is 481 g/mol. The number of anilines is 1. The van der Waals surface area contributed by atoms with E-state index < -0.39 is 0 Å². The van der Waals surface area contributed by atoms with Crippen molar-refractivity contribution in [2.45, 2.75) is 25.6 Å². The number of carbonyl (C=O) groups excluding carboxylic acids is 1. The largest absolute Gasteiger partial charge is 0.495 e. The van der Waals surface area contributed by atoms with E-state index in [1.54, 1.807) is 13.0 Å². The number of hydrogen-bond acceptors (Lipinski definition) is 8. The molecule has 1 amide bonds. The first kappa shape index (κ1) is 23.7. The lowest BCUT2D eigenvalue weighted by atomic mass is 10.1. The zero-order valence-electron chi connectivity index (χ0n) is 17.7. The standard InChI is InChI=1S/C21H22Cl2N4O5/c1-4-5-18(28)26-14-10-31-11-15(14)27-21-24-7-12(8-25-21)32-9-13-19(22)16(29-2)6-17(30-3)20(13)23/h6-8,14-15H,9-11H2,1-3H3,(H,26,28)(H,24,25,27). The highest BCUT2D eigenvalue weighted by atomic mass is 35.5. The monoisotopic (exact) mass is 480 g/mol. The fourth-order valence-corrected chi connectivity index (χ4v) is 3.62. The lowest BCUT2D eigenvalue weighted by Gasteiger charge is -2.19. The second-order valence-corrected chi connectivity index (χ2v) is 7.42. The summed E-state index contributed by atoms with van der Waals surface area (Å²) in [7, 11) is 3.00. The molecule has 1 aliphatic rings. The summed E-state index contributed by atoms with van der Waals surface area (Å²) in [5.74, 6) is 6.28. The lowest BCUT2D eigenvalue weighted by Crippen LogP contribution is -2.45. The van der Waals surface area contributed by atoms with Crippen LogP contribution in [0, 0.1) is 11.8 Å². The number of carbonyl (C=O) groups is 1. The van der Waals surface area contributed by atoms with Crippen molar-refractivity contribution in [3.8, 4) is 29.1 Å². The highest BCUT2D eigenvalue weighted by Gasteiger charge is 2.29. The van der Waals surface area contributed by atoms with E-state index in [0.29, 0.717) is 52.0 Å². The molecule has 2 atom stereocenters. The Balaban J connectivity index is 1.63. The lowest BCUT2D eigenvalue weighted by molar-refractivity contribution is -0.116. The summed E-state index contributed by atoms with van der Waals surface area (Å²) in [6, 6.07) is 1.18. The maximum absolute atomic E-state index is 11.7. The van der Waals surface area contributed by atoms with Crippen molar-refractivity contribution in [2.24, 2.45) is 0 Å². The van der Waals surface area contributed by atoms with Gasteiger partial charge in [0.15, 0.2) is 5.75 Å². The van der Waals surface area contributed by atoms with Crippen molar-refractivity contribution in [3.63, 3.8) is 0 Å². The average Bonchev–Trinajstić information content (AvgIpc) is 3.21. The van der Waals surface area contributed by atoms with Crippen LogP contribution in [0.25, 0.3) is 0 Å². The Hall–Kier alpha value is -2.93. The Morgan fingerprint density at radius 3 is 2.38 bits per heavy atom. The maximum Gasteiger partial charge on any atom is 0.296 e. The molecule has 0 radical (unpaired) electrons. The first-order valence-corrected chi connectivity index (χ1v) is 10.3. The molecule has 1 fully saturated rings. The summed E-state index contributed by atoms with van der Waals surface area (Å²) in [6.45, 7) is 2.44. The molecule has 1 aromatic carbocycles. The molecule has 1 aromatic heterocycles. The van der Waals surface area contributed by atoms with Crippen molar-refractivity contribution < 1.29 is 23.7 Å². The van der Waals surface area contributed by atoms with E-state index in [1.807, 2.05) is 0 Å². The molecule has 0 aliphatic carbocycles. The summed E-state index contributed by atoms with van der Waals surface area (Å²) in [6.07, 6.45) is 3.03. The first-order chi connectivity index (χ1) is 15.5. The van der Waals surface area contributed by atoms with E-state index >= 15 is 0 Å². The second-order valence-electron chi connectivity index (χ2n) is 6.66. The van der Waals surface area contributed by atoms with Gasteiger partial charge in [0.25, 0.3) is 5.91 Å². The van der Waals surface area contributed by atoms with Gasteiger partial charge in [0.2, 0.25) is 5.95 Å². The van der Waals surface area contributed by atoms with Gasteiger partial charge >= 0.3 is 0 Å². The van der Waals surface area contributed by atoms with Gasteiger partial charge in [0.1, 0.15) is 18.1 Å². The summed E-state index contributed by atoms with van der Waals surface area (Å²) in [4.78, 5) is 20.2. The van der Waals surface area contributed by atoms with Crippen molar-refractivity contribution in [2.75, 3.05) is 32.8 Å². The molecule has 11 heteroatoms. The molecule has 1 saturated heterocycles. The van der Waals surface area contributed by atoms with E-state index in [-0.39, 0.29) is 24.6 Å². The molecule has 0 saturated carbocycles. The van der Waals surface area contributed by atoms with Crippen LogP contribution in [0.15, 0.2) is 18.5 Å². The maximum atomic E-state index is 11.7. The molecular weight excluding hydrogens is 459 g/mol. The molecule has 0 spiro atoms. The summed E-state index contributed by atoms with van der Waals surface area (Å²) in [5.41, 5.74) is 0.517. The van der Waals surface area contributed by atoms with Crippen molar-refractivity contribution in [3.05, 3.63) is 34.1 Å². The van der Waals surface area contributed by atoms with E-state index in [0.717, 1.165) is 0 Å². The van der Waals surface area contributed by atoms with Crippen LogP contribution in [-0.4, -0.2) is 55.4 Å². The van der Waals surface area contributed by atoms with Crippen LogP contribution in [0.1, 0.15) is 12.5 Å². The summed E-state index contributed by atoms with van der Waals surface area (Å²) < 4.78 is 21.7. The highest BCUT2D eigenvalue weighted by Crippen LogP contribution is 2.40. The van der Waals surface area contributed by atoms with Crippen LogP contribution < -0.4 is 24.8 Å². The zero-order valence-corrected chi connectivity index (χ0v) is 19.2. The van der Waals surface area contributed by atoms with Gasteiger partial charge in [-0.2, -0.15) is 0 Å². The predicted octanol–water partition coefficient (Wildman–Crippen LogP) is 2.70. The SMILES string of the molecule is CC#CC(=O)NC1COCC1Nc1ncc(OCc2c(Cl)c(OC)cc(OC)c2Cl)cn1. The summed E-state index contributed by atoms with van der Waals surface area (Å²) >= 11 is 12.7. The molecule has 32 heavy (non-hydrogen) atoms. The third kappa shape index (κ3) is 5.65. The minimum absolute atomic E-state index is 0.0599. The summed E-state index contributed by atoms with van der Waals surface area (Å²) in [5, 5.41) is 6.62. The Labute approximate surface area is 195 Å². The van der Waals surface area contributed by atoms with Gasteiger partial charge in [-0.15, -0.1) is 0 Å². The molecule has 2 N–H and O–H groups in total. The van der Waals surface area contributed by atoms with Gasteiger partial charge in [-0.05, 0) is 12.8 Å². The van der Waals surface area contributed by atoms with Crippen LogP contribution >= 0.6 is 23.2 Å². The third-order valence-corrected chi connectivity index (χ3v) is 5.45. The number of benzene rings is 1. The smallest absolute Gasteiger partial charge is 0.296 e. The number of hydrogen-bond donors (Lipinski definition) is 2. The minimum atomic E-state index is -0.356. The van der Waals surface area contributed by atoms with Crippen LogP contribution in [0.4, 0.5) is 5.95 Å². The Morgan fingerprint density at radius 1 is 1.16 bits per heavy atom. The number of halogens is 2. The number of nitrogens with one attached hydrogen (secondary N) is 2. The molecule has 2 unspecified atom stereocenters. The first-order valence-electron chi connectivity index (χ1n) is 9.58. The van der Waals surface area contributed by atoms with Crippen molar-refractivity contribution in [1.29, 1.82) is 0 Å². The molecule has 9 nitrogen and oxygen atoms in total. The molecule has 2 aromatic rings. The van der Waals surface area contributed by atoms with Gasteiger partial charge in [-0.25, -0.2) is 9.97 Å². The van der Waals surface area contributed by atoms with Gasteiger partial charge in [0, 0.05) is 11.6 Å². The van der Waals surface area contributed by atoms with Gasteiger partial charge in [-0.1, -0.05) is 29.1 Å². The quantitative estimate of drug-likeness (QED) is 0.555. The molecule has 3 rings (SSSR count). The van der Waals surface area contributed by atoms with Crippen LogP contribution in [0.3, 0.4) is 0 Å². The number of aromatic nitrogens is 2. The highest BCUT2D eigenvalue weighted by molar-refractivity contribution is 6.37. The van der Waals surface area contributed by atoms with Gasteiger partial charge in [-0.3, -0.25) is 4.79 Å². The number of methoxy groups -OCH3 is 2. The van der Waals surface area contributed by atoms with Crippen molar-refractivity contribution in [1.82, 2.24) is 15.3 Å². The van der Waals surface area contributed by atoms with Crippen LogP contribution in [-0.2, 0) is 16.1 Å². The second kappa shape index (κ2) is 11.1. The van der Waals surface area contributed by atoms with Crippen LogP contribution in [0.2, 0.25) is 10.0 Å². The fraction of sp³-hybridized carbons (Fsp3) is 0.381.